The van der Waals surface area contributed by atoms with Gasteiger partial charge in [-0.15, -0.1) is 0 Å². The summed E-state index contributed by atoms with van der Waals surface area (Å²) >= 11 is 0. The molecule has 1 fully saturated rings. The van der Waals surface area contributed by atoms with E-state index in [-0.39, 0.29) is 33.5 Å². The summed E-state index contributed by atoms with van der Waals surface area (Å²) in [5.74, 6) is 0.214. The molecule has 198 valence electrons. The molecule has 2 aromatic carbocycles. The number of nitrogens with zero attached hydrogens (tertiary/aromatic N) is 3. The molecule has 2 N–H and O–H groups in total. The molecule has 11 heteroatoms. The lowest BCUT2D eigenvalue weighted by atomic mass is 10.00. The van der Waals surface area contributed by atoms with E-state index in [4.69, 9.17) is 4.74 Å². The number of halogens is 3. The first-order chi connectivity index (χ1) is 18.2. The molecule has 0 aliphatic carbocycles. The molecule has 0 bridgehead atoms. The van der Waals surface area contributed by atoms with Gasteiger partial charge in [0.15, 0.2) is 0 Å². The maximum atomic E-state index is 13.3. The fraction of sp³-hybridized carbons (Fsp3) is 0.333. The van der Waals surface area contributed by atoms with Crippen LogP contribution in [0.1, 0.15) is 47.4 Å². The molecule has 38 heavy (non-hydrogen) atoms. The number of ether oxygens (including phenoxy) is 1. The third-order valence-corrected chi connectivity index (χ3v) is 6.96. The van der Waals surface area contributed by atoms with Gasteiger partial charge in [0.25, 0.3) is 11.5 Å². The van der Waals surface area contributed by atoms with Gasteiger partial charge in [0.1, 0.15) is 5.69 Å². The Kier molecular flexibility index (Phi) is 7.02. The Labute approximate surface area is 215 Å². The number of H-pyrrole nitrogens is 1. The summed E-state index contributed by atoms with van der Waals surface area (Å²) in [6, 6.07) is 11.0. The maximum absolute atomic E-state index is 13.3. The number of nitrogens with one attached hydrogen (secondary N) is 2. The van der Waals surface area contributed by atoms with Gasteiger partial charge in [0, 0.05) is 30.9 Å². The van der Waals surface area contributed by atoms with Gasteiger partial charge in [0.05, 0.1) is 29.5 Å². The van der Waals surface area contributed by atoms with Gasteiger partial charge in [-0.05, 0) is 61.1 Å². The first-order valence-electron chi connectivity index (χ1n) is 12.3. The molecule has 2 aromatic heterocycles. The number of rotatable bonds is 6. The van der Waals surface area contributed by atoms with Crippen LogP contribution in [-0.2, 0) is 10.9 Å². The van der Waals surface area contributed by atoms with Crippen LogP contribution in [-0.4, -0.2) is 45.4 Å². The molecule has 5 rings (SSSR count). The van der Waals surface area contributed by atoms with Crippen molar-refractivity contribution in [3.63, 3.8) is 0 Å². The molecule has 1 amide bonds. The number of aromatic amines is 1. The molecule has 0 radical (unpaired) electrons. The Balaban J connectivity index is 1.38. The Morgan fingerprint density at radius 2 is 2.00 bits per heavy atom. The van der Waals surface area contributed by atoms with Crippen molar-refractivity contribution >= 4 is 16.8 Å². The third kappa shape index (κ3) is 5.19. The lowest BCUT2D eigenvalue weighted by molar-refractivity contribution is -0.140. The number of carbonyl (C=O) groups is 1. The van der Waals surface area contributed by atoms with Crippen molar-refractivity contribution in [3.8, 4) is 11.1 Å². The quantitative estimate of drug-likeness (QED) is 0.384. The van der Waals surface area contributed by atoms with Crippen LogP contribution in [0.25, 0.3) is 22.0 Å². The second kappa shape index (κ2) is 10.4. The molecule has 0 saturated carbocycles. The van der Waals surface area contributed by atoms with Gasteiger partial charge in [-0.2, -0.15) is 18.3 Å². The highest BCUT2D eigenvalue weighted by Gasteiger charge is 2.36. The molecular weight excluding hydrogens is 499 g/mol. The smallest absolute Gasteiger partial charge is 0.381 e. The van der Waals surface area contributed by atoms with Crippen LogP contribution in [0.15, 0.2) is 59.8 Å². The second-order valence-electron chi connectivity index (χ2n) is 9.41. The standard InChI is InChI=1S/C27H26F3N5O3/c1-16(18-3-2-4-20(11-18)25(36)31-13-17-7-9-38-10-8-17)35-15-32-23-12-19(5-6-21(23)26(35)37)22-14-33-34-24(22)27(28,29)30/h2-6,11-12,14-17H,7-10,13H2,1H3,(H,31,36)(H,33,34)/t16-/m1/s1. The van der Waals surface area contributed by atoms with E-state index in [1.165, 1.54) is 29.1 Å². The fourth-order valence-electron chi connectivity index (χ4n) is 4.69. The fourth-order valence-corrected chi connectivity index (χ4v) is 4.69. The van der Waals surface area contributed by atoms with Crippen LogP contribution in [0.4, 0.5) is 13.2 Å². The summed E-state index contributed by atoms with van der Waals surface area (Å²) in [5, 5.41) is 8.77. The van der Waals surface area contributed by atoms with Gasteiger partial charge < -0.3 is 10.1 Å². The van der Waals surface area contributed by atoms with E-state index >= 15 is 0 Å². The molecule has 1 saturated heterocycles. The lowest BCUT2D eigenvalue weighted by Crippen LogP contribution is -2.32. The number of alkyl halides is 3. The minimum atomic E-state index is -4.59. The van der Waals surface area contributed by atoms with E-state index in [0.29, 0.717) is 31.2 Å². The van der Waals surface area contributed by atoms with Gasteiger partial charge in [-0.1, -0.05) is 18.2 Å². The van der Waals surface area contributed by atoms with Crippen molar-refractivity contribution in [1.82, 2.24) is 25.1 Å². The van der Waals surface area contributed by atoms with Gasteiger partial charge in [0.2, 0.25) is 0 Å². The monoisotopic (exact) mass is 525 g/mol. The van der Waals surface area contributed by atoms with Crippen LogP contribution in [0.2, 0.25) is 0 Å². The lowest BCUT2D eigenvalue weighted by Gasteiger charge is -2.22. The molecule has 3 heterocycles. The summed E-state index contributed by atoms with van der Waals surface area (Å²) < 4.78 is 46.7. The molecule has 0 unspecified atom stereocenters. The van der Waals surface area contributed by atoms with Crippen molar-refractivity contribution in [1.29, 1.82) is 0 Å². The zero-order valence-corrected chi connectivity index (χ0v) is 20.6. The third-order valence-electron chi connectivity index (χ3n) is 6.96. The SMILES string of the molecule is C[C@H](c1cccc(C(=O)NCC2CCOCC2)c1)n1cnc2cc(-c3cn[nH]c3C(F)(F)F)ccc2c1=O. The molecule has 1 aliphatic rings. The largest absolute Gasteiger partial charge is 0.433 e. The predicted octanol–water partition coefficient (Wildman–Crippen LogP) is 4.57. The minimum Gasteiger partial charge on any atom is -0.381 e. The van der Waals surface area contributed by atoms with Crippen LogP contribution < -0.4 is 10.9 Å². The zero-order valence-electron chi connectivity index (χ0n) is 20.6. The normalized spacial score (nSPS) is 15.5. The van der Waals surface area contributed by atoms with E-state index in [1.807, 2.05) is 18.1 Å². The number of carbonyl (C=O) groups excluding carboxylic acids is 1. The number of hydrogen-bond donors (Lipinski definition) is 2. The average Bonchev–Trinajstić information content (AvgIpc) is 3.43. The number of fused-ring (bicyclic) bond motifs is 1. The van der Waals surface area contributed by atoms with Crippen molar-refractivity contribution in [3.05, 3.63) is 82.2 Å². The number of benzene rings is 2. The topological polar surface area (TPSA) is 102 Å². The van der Waals surface area contributed by atoms with Crippen molar-refractivity contribution in [2.75, 3.05) is 19.8 Å². The number of amides is 1. The molecule has 4 aromatic rings. The van der Waals surface area contributed by atoms with Gasteiger partial charge >= 0.3 is 6.18 Å². The van der Waals surface area contributed by atoms with E-state index in [2.05, 4.69) is 15.4 Å². The first kappa shape index (κ1) is 25.7. The summed E-state index contributed by atoms with van der Waals surface area (Å²) in [6.45, 7) is 3.83. The van der Waals surface area contributed by atoms with Crippen LogP contribution in [0, 0.1) is 5.92 Å². The van der Waals surface area contributed by atoms with Gasteiger partial charge in [-0.25, -0.2) is 4.98 Å². The Morgan fingerprint density at radius 3 is 2.76 bits per heavy atom. The highest BCUT2D eigenvalue weighted by atomic mass is 19.4. The van der Waals surface area contributed by atoms with Crippen LogP contribution in [0.5, 0.6) is 0 Å². The zero-order chi connectivity index (χ0) is 26.9. The van der Waals surface area contributed by atoms with Crippen molar-refractivity contribution in [2.45, 2.75) is 32.0 Å². The Morgan fingerprint density at radius 1 is 1.21 bits per heavy atom. The van der Waals surface area contributed by atoms with Crippen LogP contribution in [0.3, 0.4) is 0 Å². The minimum absolute atomic E-state index is 0.120. The Hall–Kier alpha value is -3.99. The van der Waals surface area contributed by atoms with Crippen molar-refractivity contribution in [2.24, 2.45) is 5.92 Å². The maximum Gasteiger partial charge on any atom is 0.433 e. The highest BCUT2D eigenvalue weighted by Crippen LogP contribution is 2.35. The average molecular weight is 526 g/mol. The molecule has 0 spiro atoms. The Bertz CT molecular complexity index is 1520. The summed E-state index contributed by atoms with van der Waals surface area (Å²) in [5.41, 5.74) is 0.334. The molecule has 8 nitrogen and oxygen atoms in total. The van der Waals surface area contributed by atoms with E-state index in [9.17, 15) is 22.8 Å². The summed E-state index contributed by atoms with van der Waals surface area (Å²) in [7, 11) is 0. The predicted molar refractivity (Wildman–Crippen MR) is 135 cm³/mol. The first-order valence-corrected chi connectivity index (χ1v) is 12.3. The van der Waals surface area contributed by atoms with Crippen molar-refractivity contribution < 1.29 is 22.7 Å². The van der Waals surface area contributed by atoms with E-state index in [0.717, 1.165) is 24.6 Å². The summed E-state index contributed by atoms with van der Waals surface area (Å²) in [6.07, 6.45) is -0.287. The van der Waals surface area contributed by atoms with E-state index in [1.54, 1.807) is 18.2 Å². The second-order valence-corrected chi connectivity index (χ2v) is 9.41. The summed E-state index contributed by atoms with van der Waals surface area (Å²) in [4.78, 5) is 30.4. The number of hydrogen-bond acceptors (Lipinski definition) is 5. The molecule has 1 atom stereocenters. The highest BCUT2D eigenvalue weighted by molar-refractivity contribution is 5.94. The van der Waals surface area contributed by atoms with E-state index < -0.39 is 17.9 Å². The molecular formula is C27H26F3N5O3. The van der Waals surface area contributed by atoms with Crippen LogP contribution >= 0.6 is 0 Å². The number of aromatic nitrogens is 4. The van der Waals surface area contributed by atoms with Gasteiger partial charge in [-0.3, -0.25) is 19.3 Å². The molecule has 1 aliphatic heterocycles.